The second-order valence-corrected chi connectivity index (χ2v) is 6.96. The first-order valence-corrected chi connectivity index (χ1v) is 7.93. The van der Waals surface area contributed by atoms with Crippen LogP contribution in [0.5, 0.6) is 5.75 Å². The quantitative estimate of drug-likeness (QED) is 0.638. The molecule has 2 amide bonds. The largest absolute Gasteiger partial charge is 0.507 e. The van der Waals surface area contributed by atoms with Gasteiger partial charge in [-0.05, 0) is 18.6 Å². The number of urea groups is 1. The number of aromatic hydroxyl groups is 1. The number of nitrogens with one attached hydrogen (secondary N) is 2. The molecule has 0 spiro atoms. The molecule has 0 aromatic heterocycles. The summed E-state index contributed by atoms with van der Waals surface area (Å²) in [5.74, 6) is -1.79. The van der Waals surface area contributed by atoms with Crippen LogP contribution in [0.25, 0.3) is 0 Å². The van der Waals surface area contributed by atoms with Crippen molar-refractivity contribution >= 4 is 27.5 Å². The second kappa shape index (κ2) is 5.60. The van der Waals surface area contributed by atoms with Crippen molar-refractivity contribution < 1.29 is 28.2 Å². The van der Waals surface area contributed by atoms with Gasteiger partial charge in [0, 0.05) is 17.8 Å². The van der Waals surface area contributed by atoms with E-state index in [0.717, 1.165) is 12.1 Å². The number of sulfone groups is 1. The van der Waals surface area contributed by atoms with E-state index in [0.29, 0.717) is 6.42 Å². The minimum atomic E-state index is -3.08. The predicted octanol–water partition coefficient (Wildman–Crippen LogP) is 0.399. The summed E-state index contributed by atoms with van der Waals surface area (Å²) in [6, 6.07) is 2.54. The highest BCUT2D eigenvalue weighted by atomic mass is 32.2. The molecule has 0 saturated carbocycles. The van der Waals surface area contributed by atoms with Crippen LogP contribution in [0.15, 0.2) is 18.2 Å². The van der Waals surface area contributed by atoms with Gasteiger partial charge in [-0.1, -0.05) is 0 Å². The van der Waals surface area contributed by atoms with Crippen molar-refractivity contribution in [3.63, 3.8) is 0 Å². The predicted molar refractivity (Wildman–Crippen MR) is 74.3 cm³/mol. The molecule has 1 aromatic rings. The van der Waals surface area contributed by atoms with E-state index < -0.39 is 33.6 Å². The van der Waals surface area contributed by atoms with Gasteiger partial charge in [0.2, 0.25) is 0 Å². The molecule has 0 radical (unpaired) electrons. The van der Waals surface area contributed by atoms with Gasteiger partial charge in [-0.3, -0.25) is 0 Å². The van der Waals surface area contributed by atoms with E-state index in [2.05, 4.69) is 10.6 Å². The fourth-order valence-corrected chi connectivity index (χ4v) is 3.73. The number of aromatic carboxylic acids is 1. The summed E-state index contributed by atoms with van der Waals surface area (Å²) in [7, 11) is -3.08. The first kappa shape index (κ1) is 15.1. The summed E-state index contributed by atoms with van der Waals surface area (Å²) >= 11 is 0. The van der Waals surface area contributed by atoms with E-state index in [1.165, 1.54) is 6.07 Å². The smallest absolute Gasteiger partial charge is 0.339 e. The molecule has 0 bridgehead atoms. The molecule has 114 valence electrons. The van der Waals surface area contributed by atoms with E-state index in [1.54, 1.807) is 0 Å². The Labute approximate surface area is 120 Å². The molecule has 1 aliphatic rings. The van der Waals surface area contributed by atoms with Gasteiger partial charge in [0.05, 0.1) is 11.5 Å². The maximum Gasteiger partial charge on any atom is 0.339 e. The third-order valence-electron chi connectivity index (χ3n) is 3.05. The van der Waals surface area contributed by atoms with Crippen molar-refractivity contribution in [2.45, 2.75) is 12.5 Å². The molecule has 1 aromatic carbocycles. The lowest BCUT2D eigenvalue weighted by Crippen LogP contribution is -2.38. The van der Waals surface area contributed by atoms with Crippen molar-refractivity contribution in [1.29, 1.82) is 0 Å². The van der Waals surface area contributed by atoms with Gasteiger partial charge in [-0.15, -0.1) is 0 Å². The van der Waals surface area contributed by atoms with E-state index in [1.807, 2.05) is 0 Å². The van der Waals surface area contributed by atoms with E-state index in [9.17, 15) is 23.1 Å². The van der Waals surface area contributed by atoms with Crippen molar-refractivity contribution in [2.24, 2.45) is 0 Å². The van der Waals surface area contributed by atoms with Crippen LogP contribution in [0, 0.1) is 0 Å². The van der Waals surface area contributed by atoms with Crippen LogP contribution >= 0.6 is 0 Å². The summed E-state index contributed by atoms with van der Waals surface area (Å²) in [4.78, 5) is 22.4. The summed E-state index contributed by atoms with van der Waals surface area (Å²) in [6.07, 6.45) is 0.360. The maximum atomic E-state index is 11.7. The summed E-state index contributed by atoms with van der Waals surface area (Å²) < 4.78 is 22.5. The SMILES string of the molecule is O=C(Nc1ccc(C(=O)O)c(O)c1)NC1CCS(=O)(=O)C1. The lowest BCUT2D eigenvalue weighted by molar-refractivity contribution is 0.0693. The van der Waals surface area contributed by atoms with Crippen LogP contribution in [0.4, 0.5) is 10.5 Å². The monoisotopic (exact) mass is 314 g/mol. The molecule has 1 heterocycles. The molecule has 1 fully saturated rings. The Hall–Kier alpha value is -2.29. The Morgan fingerprint density at radius 2 is 2.00 bits per heavy atom. The van der Waals surface area contributed by atoms with Crippen LogP contribution in [0.1, 0.15) is 16.8 Å². The molecule has 8 nitrogen and oxygen atoms in total. The van der Waals surface area contributed by atoms with Gasteiger partial charge in [0.15, 0.2) is 9.84 Å². The first-order chi connectivity index (χ1) is 9.77. The Kier molecular flexibility index (Phi) is 4.03. The van der Waals surface area contributed by atoms with Gasteiger partial charge in [-0.2, -0.15) is 0 Å². The number of carbonyl (C=O) groups is 2. The van der Waals surface area contributed by atoms with Gasteiger partial charge in [-0.25, -0.2) is 18.0 Å². The van der Waals surface area contributed by atoms with Gasteiger partial charge in [0.25, 0.3) is 0 Å². The molecule has 0 aliphatic carbocycles. The highest BCUT2D eigenvalue weighted by Crippen LogP contribution is 2.22. The molecule has 4 N–H and O–H groups in total. The number of carbonyl (C=O) groups excluding carboxylic acids is 1. The van der Waals surface area contributed by atoms with Gasteiger partial charge in [0.1, 0.15) is 11.3 Å². The number of benzene rings is 1. The standard InChI is InChI=1S/C12H14N2O6S/c15-10-5-7(1-2-9(10)11(16)17)13-12(18)14-8-3-4-21(19,20)6-8/h1-2,5,8,15H,3-4,6H2,(H,16,17)(H2,13,14,18). The first-order valence-electron chi connectivity index (χ1n) is 6.11. The Bertz CT molecular complexity index is 685. The maximum absolute atomic E-state index is 11.7. The topological polar surface area (TPSA) is 133 Å². The van der Waals surface area contributed by atoms with E-state index >= 15 is 0 Å². The lowest BCUT2D eigenvalue weighted by atomic mass is 10.2. The Balaban J connectivity index is 1.97. The summed E-state index contributed by atoms with van der Waals surface area (Å²) in [5, 5.41) is 23.2. The molecule has 1 aliphatic heterocycles. The van der Waals surface area contributed by atoms with Crippen molar-refractivity contribution in [3.05, 3.63) is 23.8 Å². The Morgan fingerprint density at radius 1 is 1.29 bits per heavy atom. The van der Waals surface area contributed by atoms with Crippen LogP contribution in [-0.4, -0.2) is 48.2 Å². The number of hydrogen-bond donors (Lipinski definition) is 4. The van der Waals surface area contributed by atoms with Crippen molar-refractivity contribution in [3.8, 4) is 5.75 Å². The zero-order valence-electron chi connectivity index (χ0n) is 10.9. The minimum absolute atomic E-state index is 0.0477. The van der Waals surface area contributed by atoms with Crippen LogP contribution in [0.2, 0.25) is 0 Å². The number of rotatable bonds is 3. The van der Waals surface area contributed by atoms with Gasteiger partial charge < -0.3 is 20.8 Å². The average Bonchev–Trinajstić information content (AvgIpc) is 2.67. The van der Waals surface area contributed by atoms with Crippen LogP contribution < -0.4 is 10.6 Å². The molecular weight excluding hydrogens is 300 g/mol. The minimum Gasteiger partial charge on any atom is -0.507 e. The van der Waals surface area contributed by atoms with Crippen molar-refractivity contribution in [1.82, 2.24) is 5.32 Å². The van der Waals surface area contributed by atoms with Crippen LogP contribution in [0.3, 0.4) is 0 Å². The normalized spacial score (nSPS) is 19.9. The number of anilines is 1. The molecule has 21 heavy (non-hydrogen) atoms. The zero-order chi connectivity index (χ0) is 15.6. The van der Waals surface area contributed by atoms with E-state index in [-0.39, 0.29) is 22.8 Å². The number of carboxylic acids is 1. The highest BCUT2D eigenvalue weighted by Gasteiger charge is 2.28. The van der Waals surface area contributed by atoms with Crippen molar-refractivity contribution in [2.75, 3.05) is 16.8 Å². The summed E-state index contributed by atoms with van der Waals surface area (Å²) in [6.45, 7) is 0. The van der Waals surface area contributed by atoms with Gasteiger partial charge >= 0.3 is 12.0 Å². The fourth-order valence-electron chi connectivity index (χ4n) is 2.05. The number of hydrogen-bond acceptors (Lipinski definition) is 5. The third-order valence-corrected chi connectivity index (χ3v) is 4.82. The van der Waals surface area contributed by atoms with Crippen LogP contribution in [-0.2, 0) is 9.84 Å². The number of phenols is 1. The fraction of sp³-hybridized carbons (Fsp3) is 0.333. The molecule has 1 saturated heterocycles. The highest BCUT2D eigenvalue weighted by molar-refractivity contribution is 7.91. The number of amides is 2. The molecule has 9 heteroatoms. The average molecular weight is 314 g/mol. The lowest BCUT2D eigenvalue weighted by Gasteiger charge is -2.12. The third kappa shape index (κ3) is 3.85. The Morgan fingerprint density at radius 3 is 2.52 bits per heavy atom. The summed E-state index contributed by atoms with van der Waals surface area (Å²) in [5.41, 5.74) is -0.0706. The zero-order valence-corrected chi connectivity index (χ0v) is 11.7. The number of carboxylic acid groups (broad SMARTS) is 1. The van der Waals surface area contributed by atoms with E-state index in [4.69, 9.17) is 5.11 Å². The molecular formula is C12H14N2O6S. The second-order valence-electron chi connectivity index (χ2n) is 4.74. The molecule has 1 atom stereocenters. The molecule has 1 unspecified atom stereocenters. The molecule has 2 rings (SSSR count).